The van der Waals surface area contributed by atoms with Crippen molar-refractivity contribution in [2.24, 2.45) is 11.8 Å². The number of nitrogens with zero attached hydrogens (tertiary/aromatic N) is 2. The lowest BCUT2D eigenvalue weighted by Crippen LogP contribution is -2.73. The van der Waals surface area contributed by atoms with Crippen molar-refractivity contribution in [3.63, 3.8) is 0 Å². The Bertz CT molecular complexity index is 406. The van der Waals surface area contributed by atoms with Gasteiger partial charge in [-0.05, 0) is 45.4 Å². The van der Waals surface area contributed by atoms with Gasteiger partial charge in [-0.1, -0.05) is 0 Å². The Morgan fingerprint density at radius 3 is 2.75 bits per heavy atom. The van der Waals surface area contributed by atoms with Gasteiger partial charge in [-0.2, -0.15) is 0 Å². The van der Waals surface area contributed by atoms with Gasteiger partial charge in [-0.15, -0.1) is 0 Å². The van der Waals surface area contributed by atoms with Gasteiger partial charge in [0.15, 0.2) is 0 Å². The molecule has 0 N–H and O–H groups in total. The lowest BCUT2D eigenvalue weighted by atomic mass is 9.66. The third-order valence-corrected chi connectivity index (χ3v) is 7.04. The highest BCUT2D eigenvalue weighted by molar-refractivity contribution is 5.77. The third kappa shape index (κ3) is 1.71. The maximum absolute atomic E-state index is 12.3. The molecule has 0 aromatic heterocycles. The van der Waals surface area contributed by atoms with E-state index in [1.165, 1.54) is 56.2 Å². The van der Waals surface area contributed by atoms with Gasteiger partial charge in [0, 0.05) is 30.8 Å². The third-order valence-electron chi connectivity index (χ3n) is 7.04. The first-order chi connectivity index (χ1) is 9.75. The Morgan fingerprint density at radius 1 is 1.15 bits per heavy atom. The number of quaternary nitrogens is 1. The summed E-state index contributed by atoms with van der Waals surface area (Å²) in [4.78, 5) is 14.7. The average molecular weight is 277 g/mol. The van der Waals surface area contributed by atoms with E-state index in [9.17, 15) is 4.79 Å². The average Bonchev–Trinajstić information content (AvgIpc) is 2.49. The van der Waals surface area contributed by atoms with E-state index in [1.54, 1.807) is 0 Å². The van der Waals surface area contributed by atoms with Gasteiger partial charge >= 0.3 is 0 Å². The number of fused-ring (bicyclic) bond motifs is 2. The smallest absolute Gasteiger partial charge is 0.222 e. The second-order valence-electron chi connectivity index (χ2n) is 7.69. The van der Waals surface area contributed by atoms with Crippen LogP contribution in [-0.4, -0.2) is 53.6 Å². The first kappa shape index (κ1) is 13.1. The molecule has 4 saturated heterocycles. The molecule has 0 aromatic carbocycles. The second-order valence-corrected chi connectivity index (χ2v) is 7.69. The predicted molar refractivity (Wildman–Crippen MR) is 79.1 cm³/mol. The molecule has 5 atom stereocenters. The van der Waals surface area contributed by atoms with Crippen LogP contribution in [0.4, 0.5) is 0 Å². The first-order valence-corrected chi connectivity index (χ1v) is 8.90. The Balaban J connectivity index is 1.70. The molecule has 4 rings (SSSR count). The summed E-state index contributed by atoms with van der Waals surface area (Å²) in [7, 11) is 0. The molecule has 4 aliphatic heterocycles. The van der Waals surface area contributed by atoms with Crippen LogP contribution in [-0.2, 0) is 4.79 Å². The minimum atomic E-state index is 0.463. The monoisotopic (exact) mass is 277 g/mol. The number of piperidine rings is 4. The second kappa shape index (κ2) is 4.72. The quantitative estimate of drug-likeness (QED) is 0.674. The maximum atomic E-state index is 12.3. The van der Waals surface area contributed by atoms with E-state index in [4.69, 9.17) is 0 Å². The molecule has 0 bridgehead atoms. The highest BCUT2D eigenvalue weighted by Gasteiger charge is 2.57. The van der Waals surface area contributed by atoms with E-state index in [0.29, 0.717) is 11.9 Å². The van der Waals surface area contributed by atoms with Gasteiger partial charge in [-0.3, -0.25) is 4.79 Å². The lowest BCUT2D eigenvalue weighted by molar-refractivity contribution is -0.968. The zero-order valence-electron chi connectivity index (χ0n) is 12.9. The van der Waals surface area contributed by atoms with E-state index < -0.39 is 0 Å². The van der Waals surface area contributed by atoms with Gasteiger partial charge in [0.25, 0.3) is 0 Å². The molecule has 112 valence electrons. The number of amides is 1. The summed E-state index contributed by atoms with van der Waals surface area (Å²) in [5.41, 5.74) is 0. The summed E-state index contributed by atoms with van der Waals surface area (Å²) < 4.78 is 1.40. The fourth-order valence-corrected chi connectivity index (χ4v) is 6.29. The fraction of sp³-hybridized carbons (Fsp3) is 0.941. The van der Waals surface area contributed by atoms with Crippen molar-refractivity contribution in [2.75, 3.05) is 26.2 Å². The molecule has 0 radical (unpaired) electrons. The van der Waals surface area contributed by atoms with Crippen LogP contribution in [0.15, 0.2) is 0 Å². The van der Waals surface area contributed by atoms with Crippen molar-refractivity contribution in [1.29, 1.82) is 0 Å². The molecule has 20 heavy (non-hydrogen) atoms. The molecule has 0 spiro atoms. The lowest BCUT2D eigenvalue weighted by Gasteiger charge is -2.62. The molecule has 4 unspecified atom stereocenters. The number of carbonyl (C=O) groups is 1. The van der Waals surface area contributed by atoms with Crippen LogP contribution in [0, 0.1) is 11.8 Å². The minimum absolute atomic E-state index is 0.463. The van der Waals surface area contributed by atoms with Crippen molar-refractivity contribution in [1.82, 2.24) is 4.90 Å². The van der Waals surface area contributed by atoms with Crippen LogP contribution in [0.3, 0.4) is 0 Å². The number of hydrogen-bond acceptors (Lipinski definition) is 1. The molecular formula is C17H29N2O+. The number of hydrogen-bond donors (Lipinski definition) is 0. The van der Waals surface area contributed by atoms with Crippen molar-refractivity contribution in [2.45, 2.75) is 64.0 Å². The standard InChI is InChI=1S/C17H29N2O/c1-2-19-10-4-6-13-12-18-15(8-3-9-16(18)20)14(17(13)19)7-5-11-19/h13-15,17H,2-12H2,1H3/q+1/t13?,14?,15-,17?,19?/m0/s1. The number of carbonyl (C=O) groups excluding carboxylic acids is 1. The summed E-state index contributed by atoms with van der Waals surface area (Å²) >= 11 is 0. The van der Waals surface area contributed by atoms with Gasteiger partial charge in [0.2, 0.25) is 5.91 Å². The van der Waals surface area contributed by atoms with Gasteiger partial charge in [-0.25, -0.2) is 0 Å². The summed E-state index contributed by atoms with van der Waals surface area (Å²) in [5.74, 6) is 2.07. The van der Waals surface area contributed by atoms with Crippen LogP contribution in [0.5, 0.6) is 0 Å². The summed E-state index contributed by atoms with van der Waals surface area (Å²) in [6.07, 6.45) is 8.76. The van der Waals surface area contributed by atoms with Crippen molar-refractivity contribution in [3.05, 3.63) is 0 Å². The Morgan fingerprint density at radius 2 is 1.95 bits per heavy atom. The highest BCUT2D eigenvalue weighted by atomic mass is 16.2. The number of rotatable bonds is 1. The van der Waals surface area contributed by atoms with Crippen LogP contribution < -0.4 is 0 Å². The fourth-order valence-electron chi connectivity index (χ4n) is 6.29. The van der Waals surface area contributed by atoms with Crippen molar-refractivity contribution >= 4 is 5.91 Å². The van der Waals surface area contributed by atoms with Gasteiger partial charge in [0.1, 0.15) is 0 Å². The largest absolute Gasteiger partial charge is 0.339 e. The molecule has 3 nitrogen and oxygen atoms in total. The maximum Gasteiger partial charge on any atom is 0.222 e. The predicted octanol–water partition coefficient (Wildman–Crippen LogP) is 2.41. The first-order valence-electron chi connectivity index (χ1n) is 8.90. The minimum Gasteiger partial charge on any atom is -0.339 e. The van der Waals surface area contributed by atoms with Gasteiger partial charge < -0.3 is 9.38 Å². The SMILES string of the molecule is CC[N+]12CCCC3CN4C(=O)CCC[C@H]4C(CCC1)C32. The van der Waals surface area contributed by atoms with Gasteiger partial charge in [0.05, 0.1) is 25.7 Å². The van der Waals surface area contributed by atoms with Crippen LogP contribution in [0.1, 0.15) is 51.9 Å². The Labute approximate surface area is 122 Å². The van der Waals surface area contributed by atoms with Crippen LogP contribution in [0.2, 0.25) is 0 Å². The Hall–Kier alpha value is -0.570. The van der Waals surface area contributed by atoms with E-state index in [0.717, 1.165) is 37.3 Å². The molecule has 0 saturated carbocycles. The van der Waals surface area contributed by atoms with E-state index in [1.807, 2.05) is 0 Å². The summed E-state index contributed by atoms with van der Waals surface area (Å²) in [6.45, 7) is 7.63. The Kier molecular flexibility index (Phi) is 3.10. The molecule has 4 aliphatic rings. The van der Waals surface area contributed by atoms with Crippen LogP contribution in [0.25, 0.3) is 0 Å². The van der Waals surface area contributed by atoms with E-state index in [2.05, 4.69) is 11.8 Å². The molecule has 1 amide bonds. The zero-order valence-corrected chi connectivity index (χ0v) is 12.9. The molecular weight excluding hydrogens is 248 g/mol. The molecule has 4 fully saturated rings. The van der Waals surface area contributed by atoms with Crippen LogP contribution >= 0.6 is 0 Å². The summed E-state index contributed by atoms with van der Waals surface area (Å²) in [6, 6.07) is 1.48. The molecule has 3 heteroatoms. The molecule has 4 heterocycles. The zero-order chi connectivity index (χ0) is 13.7. The van der Waals surface area contributed by atoms with E-state index in [-0.39, 0.29) is 0 Å². The summed E-state index contributed by atoms with van der Waals surface area (Å²) in [5, 5.41) is 0. The van der Waals surface area contributed by atoms with E-state index >= 15 is 0 Å². The van der Waals surface area contributed by atoms with Crippen molar-refractivity contribution < 1.29 is 9.28 Å². The molecule has 0 aromatic rings. The molecule has 0 aliphatic carbocycles. The normalized spacial score (nSPS) is 47.6. The topological polar surface area (TPSA) is 20.3 Å². The highest BCUT2D eigenvalue weighted by Crippen LogP contribution is 2.48. The van der Waals surface area contributed by atoms with Crippen molar-refractivity contribution in [3.8, 4) is 0 Å².